The van der Waals surface area contributed by atoms with Gasteiger partial charge >= 0.3 is 0 Å². The van der Waals surface area contributed by atoms with E-state index >= 15 is 0 Å². The summed E-state index contributed by atoms with van der Waals surface area (Å²) in [4.78, 5) is 0. The summed E-state index contributed by atoms with van der Waals surface area (Å²) < 4.78 is 16.6. The second kappa shape index (κ2) is 5.96. The molecule has 2 atom stereocenters. The molecule has 2 N–H and O–H groups in total. The van der Waals surface area contributed by atoms with Gasteiger partial charge in [0, 0.05) is 19.6 Å². The lowest BCUT2D eigenvalue weighted by Crippen LogP contribution is -2.29. The largest absolute Gasteiger partial charge is 0.494 e. The molecule has 18 heavy (non-hydrogen) atoms. The van der Waals surface area contributed by atoms with Crippen molar-refractivity contribution < 1.29 is 14.2 Å². The van der Waals surface area contributed by atoms with Crippen molar-refractivity contribution in [1.82, 2.24) is 0 Å². The average molecular weight is 251 g/mol. The zero-order valence-corrected chi connectivity index (χ0v) is 11.0. The van der Waals surface area contributed by atoms with Crippen molar-refractivity contribution in [2.45, 2.75) is 37.9 Å². The summed E-state index contributed by atoms with van der Waals surface area (Å²) in [6, 6.07) is 5.53. The molecule has 1 aromatic rings. The Bertz CT molecular complexity index is 395. The van der Waals surface area contributed by atoms with Crippen molar-refractivity contribution in [2.24, 2.45) is 0 Å². The van der Waals surface area contributed by atoms with Gasteiger partial charge in [-0.05, 0) is 31.4 Å². The topological polar surface area (TPSA) is 53.7 Å². The molecule has 1 aliphatic carbocycles. The van der Waals surface area contributed by atoms with Gasteiger partial charge in [0.05, 0.1) is 18.9 Å². The SMILES string of the molecule is COc1cc(OC2CCCC(OC)C2)ccc1N. The first-order valence-corrected chi connectivity index (χ1v) is 6.36. The van der Waals surface area contributed by atoms with E-state index in [1.807, 2.05) is 18.2 Å². The van der Waals surface area contributed by atoms with Crippen LogP contribution >= 0.6 is 0 Å². The van der Waals surface area contributed by atoms with E-state index in [9.17, 15) is 0 Å². The van der Waals surface area contributed by atoms with Crippen LogP contribution in [-0.4, -0.2) is 26.4 Å². The number of hydrogen-bond donors (Lipinski definition) is 1. The number of hydrogen-bond acceptors (Lipinski definition) is 4. The third kappa shape index (κ3) is 3.07. The first kappa shape index (κ1) is 13.0. The van der Waals surface area contributed by atoms with E-state index in [2.05, 4.69) is 0 Å². The summed E-state index contributed by atoms with van der Waals surface area (Å²) in [7, 11) is 3.37. The van der Waals surface area contributed by atoms with Crippen molar-refractivity contribution in [2.75, 3.05) is 20.0 Å². The number of benzene rings is 1. The number of nitrogens with two attached hydrogens (primary N) is 1. The summed E-state index contributed by atoms with van der Waals surface area (Å²) >= 11 is 0. The fourth-order valence-electron chi connectivity index (χ4n) is 2.38. The Labute approximate surface area is 108 Å². The van der Waals surface area contributed by atoms with E-state index in [1.54, 1.807) is 14.2 Å². The van der Waals surface area contributed by atoms with Crippen molar-refractivity contribution in [3.63, 3.8) is 0 Å². The average Bonchev–Trinajstić information content (AvgIpc) is 2.41. The van der Waals surface area contributed by atoms with E-state index in [0.29, 0.717) is 17.5 Å². The van der Waals surface area contributed by atoms with Gasteiger partial charge in [-0.1, -0.05) is 0 Å². The Morgan fingerprint density at radius 3 is 2.67 bits per heavy atom. The van der Waals surface area contributed by atoms with Gasteiger partial charge in [0.2, 0.25) is 0 Å². The van der Waals surface area contributed by atoms with Crippen LogP contribution in [-0.2, 0) is 4.74 Å². The number of nitrogen functional groups attached to an aromatic ring is 1. The second-order valence-corrected chi connectivity index (χ2v) is 4.67. The van der Waals surface area contributed by atoms with Gasteiger partial charge < -0.3 is 19.9 Å². The summed E-state index contributed by atoms with van der Waals surface area (Å²) in [6.45, 7) is 0. The minimum Gasteiger partial charge on any atom is -0.494 e. The zero-order chi connectivity index (χ0) is 13.0. The molecule has 2 rings (SSSR count). The second-order valence-electron chi connectivity index (χ2n) is 4.67. The molecule has 1 aromatic carbocycles. The van der Waals surface area contributed by atoms with Gasteiger partial charge in [-0.15, -0.1) is 0 Å². The molecule has 4 nitrogen and oxygen atoms in total. The van der Waals surface area contributed by atoms with Gasteiger partial charge in [0.15, 0.2) is 0 Å². The zero-order valence-electron chi connectivity index (χ0n) is 11.0. The van der Waals surface area contributed by atoms with Crippen molar-refractivity contribution in [3.8, 4) is 11.5 Å². The minimum atomic E-state index is 0.219. The smallest absolute Gasteiger partial charge is 0.145 e. The third-order valence-electron chi connectivity index (χ3n) is 3.42. The number of methoxy groups -OCH3 is 2. The lowest BCUT2D eigenvalue weighted by molar-refractivity contribution is 0.0209. The molecule has 0 aliphatic heterocycles. The number of anilines is 1. The molecular formula is C14H21NO3. The highest BCUT2D eigenvalue weighted by atomic mass is 16.5. The van der Waals surface area contributed by atoms with Crippen LogP contribution < -0.4 is 15.2 Å². The molecule has 0 spiro atoms. The highest BCUT2D eigenvalue weighted by molar-refractivity contribution is 5.55. The molecule has 1 aliphatic rings. The van der Waals surface area contributed by atoms with Gasteiger partial charge in [-0.2, -0.15) is 0 Å². The summed E-state index contributed by atoms with van der Waals surface area (Å²) in [6.07, 6.45) is 4.84. The fourth-order valence-corrected chi connectivity index (χ4v) is 2.38. The molecule has 0 aromatic heterocycles. The standard InChI is InChI=1S/C14H21NO3/c1-16-10-4-3-5-11(8-10)18-12-6-7-13(15)14(9-12)17-2/h6-7,9-11H,3-5,8,15H2,1-2H3. The van der Waals surface area contributed by atoms with Crippen molar-refractivity contribution in [3.05, 3.63) is 18.2 Å². The molecule has 0 bridgehead atoms. The van der Waals surface area contributed by atoms with E-state index in [1.165, 1.54) is 0 Å². The monoisotopic (exact) mass is 251 g/mol. The first-order valence-electron chi connectivity index (χ1n) is 6.36. The van der Waals surface area contributed by atoms with E-state index in [0.717, 1.165) is 31.4 Å². The highest BCUT2D eigenvalue weighted by Crippen LogP contribution is 2.30. The van der Waals surface area contributed by atoms with E-state index in [-0.39, 0.29) is 6.10 Å². The Morgan fingerprint density at radius 1 is 1.17 bits per heavy atom. The van der Waals surface area contributed by atoms with Crippen molar-refractivity contribution >= 4 is 5.69 Å². The van der Waals surface area contributed by atoms with Crippen LogP contribution in [0.3, 0.4) is 0 Å². The van der Waals surface area contributed by atoms with Crippen LogP contribution in [0.4, 0.5) is 5.69 Å². The maximum atomic E-state index is 5.97. The molecule has 0 radical (unpaired) electrons. The maximum absolute atomic E-state index is 5.97. The molecule has 4 heteroatoms. The predicted octanol–water partition coefficient (Wildman–Crippen LogP) is 2.61. The van der Waals surface area contributed by atoms with Crippen LogP contribution in [0.15, 0.2) is 18.2 Å². The lowest BCUT2D eigenvalue weighted by atomic mass is 9.95. The Morgan fingerprint density at radius 2 is 1.94 bits per heavy atom. The quantitative estimate of drug-likeness (QED) is 0.836. The van der Waals surface area contributed by atoms with Gasteiger partial charge in [0.25, 0.3) is 0 Å². The Hall–Kier alpha value is -1.42. The molecule has 1 fully saturated rings. The van der Waals surface area contributed by atoms with Crippen LogP contribution in [0.1, 0.15) is 25.7 Å². The normalized spacial score (nSPS) is 23.7. The third-order valence-corrected chi connectivity index (χ3v) is 3.42. The van der Waals surface area contributed by atoms with Crippen LogP contribution in [0.25, 0.3) is 0 Å². The first-order chi connectivity index (χ1) is 8.72. The van der Waals surface area contributed by atoms with Gasteiger partial charge in [0.1, 0.15) is 17.6 Å². The Kier molecular flexibility index (Phi) is 4.31. The molecule has 0 amide bonds. The van der Waals surface area contributed by atoms with Crippen LogP contribution in [0.2, 0.25) is 0 Å². The summed E-state index contributed by atoms with van der Waals surface area (Å²) in [5.41, 5.74) is 6.40. The van der Waals surface area contributed by atoms with Crippen LogP contribution in [0, 0.1) is 0 Å². The Balaban J connectivity index is 2.00. The van der Waals surface area contributed by atoms with Gasteiger partial charge in [-0.3, -0.25) is 0 Å². The predicted molar refractivity (Wildman–Crippen MR) is 71.1 cm³/mol. The maximum Gasteiger partial charge on any atom is 0.145 e. The molecule has 100 valence electrons. The molecule has 0 saturated heterocycles. The molecule has 2 unspecified atom stereocenters. The lowest BCUT2D eigenvalue weighted by Gasteiger charge is -2.28. The van der Waals surface area contributed by atoms with Crippen molar-refractivity contribution in [1.29, 1.82) is 0 Å². The molecule has 0 heterocycles. The number of ether oxygens (including phenoxy) is 3. The fraction of sp³-hybridized carbons (Fsp3) is 0.571. The number of rotatable bonds is 4. The summed E-state index contributed by atoms with van der Waals surface area (Å²) in [5.74, 6) is 1.47. The van der Waals surface area contributed by atoms with Gasteiger partial charge in [-0.25, -0.2) is 0 Å². The minimum absolute atomic E-state index is 0.219. The van der Waals surface area contributed by atoms with E-state index < -0.39 is 0 Å². The molecule has 1 saturated carbocycles. The highest BCUT2D eigenvalue weighted by Gasteiger charge is 2.23. The van der Waals surface area contributed by atoms with Crippen LogP contribution in [0.5, 0.6) is 11.5 Å². The molecular weight excluding hydrogens is 230 g/mol. The van der Waals surface area contributed by atoms with E-state index in [4.69, 9.17) is 19.9 Å². The summed E-state index contributed by atoms with van der Waals surface area (Å²) in [5, 5.41) is 0.